The molecule has 2 nitrogen and oxygen atoms in total. The third kappa shape index (κ3) is 1.60. The molecule has 0 aromatic carbocycles. The van der Waals surface area contributed by atoms with Gasteiger partial charge in [0, 0.05) is 9.75 Å². The zero-order valence-corrected chi connectivity index (χ0v) is 10.1. The fraction of sp³-hybridized carbons (Fsp3) is 0.385. The lowest BCUT2D eigenvalue weighted by molar-refractivity contribution is 0.466. The first-order valence-electron chi connectivity index (χ1n) is 5.70. The molecule has 2 aromatic rings. The fourth-order valence-corrected chi connectivity index (χ4v) is 3.75. The van der Waals surface area contributed by atoms with Gasteiger partial charge in [0.25, 0.3) is 0 Å². The van der Waals surface area contributed by atoms with Crippen LogP contribution in [0.4, 0.5) is 0 Å². The van der Waals surface area contributed by atoms with Crippen LogP contribution in [0.25, 0.3) is 0 Å². The predicted molar refractivity (Wildman–Crippen MR) is 66.0 cm³/mol. The highest BCUT2D eigenvalue weighted by Gasteiger charge is 2.21. The van der Waals surface area contributed by atoms with Crippen molar-refractivity contribution < 1.29 is 4.42 Å². The molecule has 1 aliphatic carbocycles. The summed E-state index contributed by atoms with van der Waals surface area (Å²) in [5, 5.41) is 3.33. The van der Waals surface area contributed by atoms with Gasteiger partial charge in [-0.05, 0) is 50.1 Å². The molecule has 3 rings (SSSR count). The highest BCUT2D eigenvalue weighted by atomic mass is 32.1. The molecule has 0 amide bonds. The standard InChI is InChI=1S/C13H15NOS/c1-14-13(10-5-3-7-15-10)12-8-9-4-2-6-11(9)16-12/h3,5,7-8,13-14H,2,4,6H2,1H3. The van der Waals surface area contributed by atoms with Crippen molar-refractivity contribution in [2.45, 2.75) is 25.3 Å². The molecular weight excluding hydrogens is 218 g/mol. The number of hydrogen-bond donors (Lipinski definition) is 1. The van der Waals surface area contributed by atoms with Gasteiger partial charge in [0.1, 0.15) is 11.8 Å². The zero-order valence-electron chi connectivity index (χ0n) is 9.32. The quantitative estimate of drug-likeness (QED) is 0.881. The summed E-state index contributed by atoms with van der Waals surface area (Å²) in [5.41, 5.74) is 1.55. The van der Waals surface area contributed by atoms with Crippen LogP contribution in [0.5, 0.6) is 0 Å². The number of aryl methyl sites for hydroxylation is 2. The molecule has 0 saturated heterocycles. The van der Waals surface area contributed by atoms with Crippen molar-refractivity contribution in [1.82, 2.24) is 5.32 Å². The monoisotopic (exact) mass is 233 g/mol. The molecule has 0 aliphatic heterocycles. The Morgan fingerprint density at radius 1 is 1.44 bits per heavy atom. The van der Waals surface area contributed by atoms with Gasteiger partial charge in [0.05, 0.1) is 6.26 Å². The van der Waals surface area contributed by atoms with Crippen LogP contribution in [-0.4, -0.2) is 7.05 Å². The molecule has 0 saturated carbocycles. The van der Waals surface area contributed by atoms with Gasteiger partial charge >= 0.3 is 0 Å². The van der Waals surface area contributed by atoms with Crippen molar-refractivity contribution in [3.8, 4) is 0 Å². The van der Waals surface area contributed by atoms with E-state index >= 15 is 0 Å². The fourth-order valence-electron chi connectivity index (χ4n) is 2.37. The second-order valence-corrected chi connectivity index (χ2v) is 5.36. The minimum Gasteiger partial charge on any atom is -0.467 e. The number of nitrogens with one attached hydrogen (secondary N) is 1. The van der Waals surface area contributed by atoms with Crippen molar-refractivity contribution in [2.75, 3.05) is 7.05 Å². The van der Waals surface area contributed by atoms with Crippen LogP contribution in [0, 0.1) is 0 Å². The second-order valence-electron chi connectivity index (χ2n) is 4.19. The van der Waals surface area contributed by atoms with Crippen molar-refractivity contribution in [1.29, 1.82) is 0 Å². The Morgan fingerprint density at radius 2 is 2.38 bits per heavy atom. The van der Waals surface area contributed by atoms with E-state index in [-0.39, 0.29) is 6.04 Å². The molecule has 0 spiro atoms. The number of hydrogen-bond acceptors (Lipinski definition) is 3. The Labute approximate surface area is 99.3 Å². The van der Waals surface area contributed by atoms with E-state index < -0.39 is 0 Å². The van der Waals surface area contributed by atoms with Gasteiger partial charge in [-0.1, -0.05) is 0 Å². The highest BCUT2D eigenvalue weighted by Crippen LogP contribution is 2.35. The van der Waals surface area contributed by atoms with Crippen molar-refractivity contribution in [2.24, 2.45) is 0 Å². The summed E-state index contributed by atoms with van der Waals surface area (Å²) < 4.78 is 5.49. The van der Waals surface area contributed by atoms with Crippen molar-refractivity contribution in [3.63, 3.8) is 0 Å². The summed E-state index contributed by atoms with van der Waals surface area (Å²) in [6.07, 6.45) is 5.57. The van der Waals surface area contributed by atoms with E-state index in [4.69, 9.17) is 4.42 Å². The molecule has 0 bridgehead atoms. The topological polar surface area (TPSA) is 25.2 Å². The molecule has 3 heteroatoms. The van der Waals surface area contributed by atoms with Crippen LogP contribution < -0.4 is 5.32 Å². The van der Waals surface area contributed by atoms with Crippen LogP contribution in [0.3, 0.4) is 0 Å². The summed E-state index contributed by atoms with van der Waals surface area (Å²) in [7, 11) is 1.98. The van der Waals surface area contributed by atoms with E-state index in [0.29, 0.717) is 0 Å². The van der Waals surface area contributed by atoms with Crippen molar-refractivity contribution >= 4 is 11.3 Å². The van der Waals surface area contributed by atoms with Crippen LogP contribution in [0.15, 0.2) is 28.9 Å². The third-order valence-electron chi connectivity index (χ3n) is 3.17. The molecular formula is C13H15NOS. The maximum atomic E-state index is 5.49. The maximum Gasteiger partial charge on any atom is 0.126 e. The van der Waals surface area contributed by atoms with Crippen molar-refractivity contribution in [3.05, 3.63) is 45.5 Å². The van der Waals surface area contributed by atoms with E-state index in [9.17, 15) is 0 Å². The highest BCUT2D eigenvalue weighted by molar-refractivity contribution is 7.12. The minimum absolute atomic E-state index is 0.214. The smallest absolute Gasteiger partial charge is 0.126 e. The zero-order chi connectivity index (χ0) is 11.0. The van der Waals surface area contributed by atoms with Gasteiger partial charge in [-0.2, -0.15) is 0 Å². The Hall–Kier alpha value is -1.06. The number of furan rings is 1. The first-order valence-corrected chi connectivity index (χ1v) is 6.52. The average molecular weight is 233 g/mol. The molecule has 16 heavy (non-hydrogen) atoms. The SMILES string of the molecule is CNC(c1ccco1)c1cc2c(s1)CCC2. The molecule has 0 radical (unpaired) electrons. The first kappa shape index (κ1) is 10.1. The van der Waals surface area contributed by atoms with Gasteiger partial charge in [0.2, 0.25) is 0 Å². The largest absolute Gasteiger partial charge is 0.467 e. The first-order chi connectivity index (χ1) is 7.88. The van der Waals surface area contributed by atoms with Gasteiger partial charge in [0.15, 0.2) is 0 Å². The maximum absolute atomic E-state index is 5.49. The molecule has 1 N–H and O–H groups in total. The van der Waals surface area contributed by atoms with E-state index in [1.54, 1.807) is 16.7 Å². The molecule has 2 heterocycles. The predicted octanol–water partition coefficient (Wildman–Crippen LogP) is 3.14. The van der Waals surface area contributed by atoms with Crippen LogP contribution in [0.2, 0.25) is 0 Å². The van der Waals surface area contributed by atoms with Gasteiger partial charge in [-0.3, -0.25) is 0 Å². The second kappa shape index (κ2) is 4.07. The summed E-state index contributed by atoms with van der Waals surface area (Å²) in [6, 6.07) is 6.54. The molecule has 0 fully saturated rings. The van der Waals surface area contributed by atoms with Gasteiger partial charge in [-0.25, -0.2) is 0 Å². The summed E-state index contributed by atoms with van der Waals surface area (Å²) in [5.74, 6) is 1.00. The van der Waals surface area contributed by atoms with E-state index in [2.05, 4.69) is 11.4 Å². The number of thiophene rings is 1. The summed E-state index contributed by atoms with van der Waals surface area (Å²) in [4.78, 5) is 2.95. The third-order valence-corrected chi connectivity index (χ3v) is 4.47. The van der Waals surface area contributed by atoms with Gasteiger partial charge < -0.3 is 9.73 Å². The molecule has 1 unspecified atom stereocenters. The van der Waals surface area contributed by atoms with E-state index in [0.717, 1.165) is 5.76 Å². The summed E-state index contributed by atoms with van der Waals surface area (Å²) >= 11 is 1.93. The normalized spacial score (nSPS) is 16.3. The lowest BCUT2D eigenvalue weighted by Crippen LogP contribution is -2.15. The molecule has 1 aliphatic rings. The van der Waals surface area contributed by atoms with Crippen LogP contribution >= 0.6 is 11.3 Å². The Kier molecular flexibility index (Phi) is 2.58. The van der Waals surface area contributed by atoms with E-state index in [1.807, 2.05) is 30.5 Å². The van der Waals surface area contributed by atoms with Crippen LogP contribution in [-0.2, 0) is 12.8 Å². The molecule has 84 valence electrons. The molecule has 1 atom stereocenters. The van der Waals surface area contributed by atoms with Gasteiger partial charge in [-0.15, -0.1) is 11.3 Å². The lowest BCUT2D eigenvalue weighted by atomic mass is 10.1. The lowest BCUT2D eigenvalue weighted by Gasteiger charge is -2.11. The number of fused-ring (bicyclic) bond motifs is 1. The number of rotatable bonds is 3. The van der Waals surface area contributed by atoms with Crippen LogP contribution in [0.1, 0.15) is 33.5 Å². The van der Waals surface area contributed by atoms with E-state index in [1.165, 1.54) is 24.1 Å². The Bertz CT molecular complexity index is 451. The Morgan fingerprint density at radius 3 is 3.06 bits per heavy atom. The average Bonchev–Trinajstić information content (AvgIpc) is 2.91. The summed E-state index contributed by atoms with van der Waals surface area (Å²) in [6.45, 7) is 0. The molecule has 2 aromatic heterocycles. The minimum atomic E-state index is 0.214. The Balaban J connectivity index is 1.95.